The smallest absolute Gasteiger partial charge is 0.307 e. The largest absolute Gasteiger partial charge is 0.481 e. The van der Waals surface area contributed by atoms with Gasteiger partial charge in [0.2, 0.25) is 0 Å². The summed E-state index contributed by atoms with van der Waals surface area (Å²) in [4.78, 5) is 10.8. The van der Waals surface area contributed by atoms with Crippen LogP contribution in [0.4, 0.5) is 0 Å². The molecule has 0 amide bonds. The molecule has 0 spiro atoms. The minimum absolute atomic E-state index is 0.0610. The molecule has 0 atom stereocenters. The number of aryl methyl sites for hydroxylation is 1. The summed E-state index contributed by atoms with van der Waals surface area (Å²) < 4.78 is 7.30. The molecule has 5 nitrogen and oxygen atoms in total. The van der Waals surface area contributed by atoms with E-state index in [1.54, 1.807) is 0 Å². The van der Waals surface area contributed by atoms with E-state index >= 15 is 0 Å². The zero-order valence-electron chi connectivity index (χ0n) is 11.0. The summed E-state index contributed by atoms with van der Waals surface area (Å²) >= 11 is 0. The SMILES string of the molecule is Cc1nn(CC2CCOCC2)c(C)c1CC(=O)O. The molecule has 2 rings (SSSR count). The van der Waals surface area contributed by atoms with E-state index in [0.29, 0.717) is 5.92 Å². The molecule has 0 unspecified atom stereocenters. The van der Waals surface area contributed by atoms with Crippen molar-refractivity contribution in [3.8, 4) is 0 Å². The third-order valence-corrected chi connectivity index (χ3v) is 3.63. The predicted octanol–water partition coefficient (Wildman–Crippen LogP) is 1.55. The van der Waals surface area contributed by atoms with Crippen molar-refractivity contribution in [3.05, 3.63) is 17.0 Å². The first-order valence-corrected chi connectivity index (χ1v) is 6.40. The Kier molecular flexibility index (Phi) is 4.01. The maximum absolute atomic E-state index is 10.8. The van der Waals surface area contributed by atoms with Crippen LogP contribution in [0, 0.1) is 19.8 Å². The Morgan fingerprint density at radius 3 is 2.72 bits per heavy atom. The molecular weight excluding hydrogens is 232 g/mol. The van der Waals surface area contributed by atoms with E-state index in [2.05, 4.69) is 5.10 Å². The Bertz CT molecular complexity index is 434. The molecule has 1 aliphatic heterocycles. The number of hydrogen-bond acceptors (Lipinski definition) is 3. The number of hydrogen-bond donors (Lipinski definition) is 1. The molecule has 100 valence electrons. The lowest BCUT2D eigenvalue weighted by Gasteiger charge is -2.22. The highest BCUT2D eigenvalue weighted by molar-refractivity contribution is 5.70. The van der Waals surface area contributed by atoms with Gasteiger partial charge in [-0.2, -0.15) is 5.10 Å². The lowest BCUT2D eigenvalue weighted by atomic mass is 10.0. The normalized spacial score (nSPS) is 17.0. The molecule has 2 heterocycles. The monoisotopic (exact) mass is 252 g/mol. The van der Waals surface area contributed by atoms with Gasteiger partial charge in [-0.05, 0) is 32.6 Å². The first kappa shape index (κ1) is 13.1. The Hall–Kier alpha value is -1.36. The summed E-state index contributed by atoms with van der Waals surface area (Å²) in [5, 5.41) is 13.4. The highest BCUT2D eigenvalue weighted by atomic mass is 16.5. The minimum atomic E-state index is -0.799. The van der Waals surface area contributed by atoms with Crippen molar-refractivity contribution in [1.29, 1.82) is 0 Å². The summed E-state index contributed by atoms with van der Waals surface area (Å²) in [6, 6.07) is 0. The lowest BCUT2D eigenvalue weighted by Crippen LogP contribution is -2.21. The molecular formula is C13H20N2O3. The van der Waals surface area contributed by atoms with Gasteiger partial charge >= 0.3 is 5.97 Å². The van der Waals surface area contributed by atoms with Crippen LogP contribution in [-0.4, -0.2) is 34.1 Å². The average Bonchev–Trinajstić information content (AvgIpc) is 2.58. The molecule has 0 radical (unpaired) electrons. The van der Waals surface area contributed by atoms with E-state index in [1.165, 1.54) is 0 Å². The number of aromatic nitrogens is 2. The summed E-state index contributed by atoms with van der Waals surface area (Å²) in [6.45, 7) is 6.36. The van der Waals surface area contributed by atoms with Crippen LogP contribution in [0.2, 0.25) is 0 Å². The molecule has 1 aliphatic rings. The van der Waals surface area contributed by atoms with Crippen LogP contribution >= 0.6 is 0 Å². The fraction of sp³-hybridized carbons (Fsp3) is 0.692. The number of carboxylic acid groups (broad SMARTS) is 1. The van der Waals surface area contributed by atoms with E-state index in [4.69, 9.17) is 9.84 Å². The van der Waals surface area contributed by atoms with E-state index in [-0.39, 0.29) is 6.42 Å². The van der Waals surface area contributed by atoms with Crippen molar-refractivity contribution in [2.24, 2.45) is 5.92 Å². The van der Waals surface area contributed by atoms with Crippen molar-refractivity contribution < 1.29 is 14.6 Å². The summed E-state index contributed by atoms with van der Waals surface area (Å²) in [6.07, 6.45) is 2.19. The number of carbonyl (C=O) groups is 1. The third kappa shape index (κ3) is 2.90. The van der Waals surface area contributed by atoms with Crippen LogP contribution in [0.1, 0.15) is 29.8 Å². The number of aliphatic carboxylic acids is 1. The number of rotatable bonds is 4. The molecule has 5 heteroatoms. The van der Waals surface area contributed by atoms with Gasteiger partial charge < -0.3 is 9.84 Å². The van der Waals surface area contributed by atoms with Gasteiger partial charge in [0.1, 0.15) is 0 Å². The van der Waals surface area contributed by atoms with Crippen LogP contribution < -0.4 is 0 Å². The number of carboxylic acids is 1. The van der Waals surface area contributed by atoms with Crippen LogP contribution in [-0.2, 0) is 22.5 Å². The van der Waals surface area contributed by atoms with Gasteiger partial charge in [-0.25, -0.2) is 0 Å². The van der Waals surface area contributed by atoms with Gasteiger partial charge in [0.15, 0.2) is 0 Å². The van der Waals surface area contributed by atoms with E-state index in [9.17, 15) is 4.79 Å². The minimum Gasteiger partial charge on any atom is -0.481 e. The Balaban J connectivity index is 2.10. The highest BCUT2D eigenvalue weighted by Crippen LogP contribution is 2.20. The van der Waals surface area contributed by atoms with Crippen LogP contribution in [0.5, 0.6) is 0 Å². The Morgan fingerprint density at radius 1 is 1.44 bits per heavy atom. The molecule has 0 aromatic carbocycles. The molecule has 1 saturated heterocycles. The van der Waals surface area contributed by atoms with Crippen LogP contribution in [0.25, 0.3) is 0 Å². The summed E-state index contributed by atoms with van der Waals surface area (Å²) in [5.74, 6) is -0.207. The topological polar surface area (TPSA) is 64.4 Å². The molecule has 1 N–H and O–H groups in total. The quantitative estimate of drug-likeness (QED) is 0.883. The highest BCUT2D eigenvalue weighted by Gasteiger charge is 2.19. The van der Waals surface area contributed by atoms with Crippen molar-refractivity contribution in [3.63, 3.8) is 0 Å². The molecule has 0 aliphatic carbocycles. The van der Waals surface area contributed by atoms with Crippen molar-refractivity contribution in [2.75, 3.05) is 13.2 Å². The molecule has 18 heavy (non-hydrogen) atoms. The second kappa shape index (κ2) is 5.52. The van der Waals surface area contributed by atoms with Gasteiger partial charge in [0.25, 0.3) is 0 Å². The molecule has 0 bridgehead atoms. The van der Waals surface area contributed by atoms with Crippen molar-refractivity contribution >= 4 is 5.97 Å². The van der Waals surface area contributed by atoms with Gasteiger partial charge in [0.05, 0.1) is 12.1 Å². The van der Waals surface area contributed by atoms with Gasteiger partial charge in [-0.1, -0.05) is 0 Å². The molecule has 0 saturated carbocycles. The molecule has 1 aromatic heterocycles. The number of nitrogens with zero attached hydrogens (tertiary/aromatic N) is 2. The maximum Gasteiger partial charge on any atom is 0.307 e. The average molecular weight is 252 g/mol. The fourth-order valence-electron chi connectivity index (χ4n) is 2.49. The third-order valence-electron chi connectivity index (χ3n) is 3.63. The first-order valence-electron chi connectivity index (χ1n) is 6.40. The molecule has 1 fully saturated rings. The van der Waals surface area contributed by atoms with E-state index < -0.39 is 5.97 Å². The van der Waals surface area contributed by atoms with Crippen molar-refractivity contribution in [2.45, 2.75) is 39.7 Å². The maximum atomic E-state index is 10.8. The zero-order chi connectivity index (χ0) is 13.1. The van der Waals surface area contributed by atoms with Crippen LogP contribution in [0.15, 0.2) is 0 Å². The second-order valence-electron chi connectivity index (χ2n) is 4.96. The standard InChI is InChI=1S/C13H20N2O3/c1-9-12(7-13(16)17)10(2)15(14-9)8-11-3-5-18-6-4-11/h11H,3-8H2,1-2H3,(H,16,17). The lowest BCUT2D eigenvalue weighted by molar-refractivity contribution is -0.136. The first-order chi connectivity index (χ1) is 8.58. The fourth-order valence-corrected chi connectivity index (χ4v) is 2.49. The number of ether oxygens (including phenoxy) is 1. The summed E-state index contributed by atoms with van der Waals surface area (Å²) in [7, 11) is 0. The van der Waals surface area contributed by atoms with Gasteiger partial charge in [-0.15, -0.1) is 0 Å². The van der Waals surface area contributed by atoms with E-state index in [0.717, 1.165) is 49.6 Å². The van der Waals surface area contributed by atoms with E-state index in [1.807, 2.05) is 18.5 Å². The molecule has 1 aromatic rings. The van der Waals surface area contributed by atoms with Crippen molar-refractivity contribution in [1.82, 2.24) is 9.78 Å². The van der Waals surface area contributed by atoms with Crippen LogP contribution in [0.3, 0.4) is 0 Å². The zero-order valence-corrected chi connectivity index (χ0v) is 11.0. The summed E-state index contributed by atoms with van der Waals surface area (Å²) in [5.41, 5.74) is 2.68. The predicted molar refractivity (Wildman–Crippen MR) is 66.6 cm³/mol. The Labute approximate surface area is 107 Å². The van der Waals surface area contributed by atoms with Gasteiger partial charge in [-0.3, -0.25) is 9.48 Å². The second-order valence-corrected chi connectivity index (χ2v) is 4.96. The van der Waals surface area contributed by atoms with Gasteiger partial charge in [0, 0.05) is 31.0 Å². The Morgan fingerprint density at radius 2 is 2.11 bits per heavy atom.